The fraction of sp³-hybridized carbons (Fsp3) is 0.667. The molecule has 10 heavy (non-hydrogen) atoms. The molecule has 0 fully saturated rings. The van der Waals surface area contributed by atoms with Crippen LogP contribution in [0.15, 0.2) is 11.6 Å². The number of rotatable bonds is 1. The average molecular weight is 146 g/mol. The molecule has 58 valence electrons. The van der Waals surface area contributed by atoms with Gasteiger partial charge in [-0.3, -0.25) is 0 Å². The van der Waals surface area contributed by atoms with Gasteiger partial charge < -0.3 is 20.4 Å². The van der Waals surface area contributed by atoms with Crippen molar-refractivity contribution in [3.05, 3.63) is 11.6 Å². The number of aliphatic hydroxyl groups excluding tert-OH is 4. The minimum atomic E-state index is -1.18. The Morgan fingerprint density at radius 2 is 1.90 bits per heavy atom. The fourth-order valence-electron chi connectivity index (χ4n) is 0.969. The van der Waals surface area contributed by atoms with E-state index in [-0.39, 0.29) is 12.2 Å². The van der Waals surface area contributed by atoms with Crippen LogP contribution >= 0.6 is 0 Å². The molecular formula is C6H10O4. The van der Waals surface area contributed by atoms with Crippen molar-refractivity contribution in [3.8, 4) is 0 Å². The van der Waals surface area contributed by atoms with Crippen molar-refractivity contribution in [2.45, 2.75) is 18.3 Å². The molecule has 0 saturated carbocycles. The lowest BCUT2D eigenvalue weighted by atomic mass is 10.1. The number of aliphatic hydroxyl groups is 4. The lowest BCUT2D eigenvalue weighted by molar-refractivity contribution is -0.0126. The zero-order valence-electron chi connectivity index (χ0n) is 5.31. The highest BCUT2D eigenvalue weighted by atomic mass is 16.4. The molecule has 0 aromatic rings. The molecule has 4 heteroatoms. The Bertz CT molecular complexity index is 154. The molecule has 0 radical (unpaired) electrons. The van der Waals surface area contributed by atoms with Crippen molar-refractivity contribution >= 4 is 0 Å². The summed E-state index contributed by atoms with van der Waals surface area (Å²) in [6.45, 7) is -0.324. The van der Waals surface area contributed by atoms with Crippen LogP contribution in [0.5, 0.6) is 0 Å². The van der Waals surface area contributed by atoms with Crippen molar-refractivity contribution in [1.82, 2.24) is 0 Å². The Kier molecular flexibility index (Phi) is 2.05. The largest absolute Gasteiger partial charge is 0.392 e. The zero-order chi connectivity index (χ0) is 7.72. The molecule has 0 amide bonds. The summed E-state index contributed by atoms with van der Waals surface area (Å²) in [4.78, 5) is 0. The van der Waals surface area contributed by atoms with E-state index in [9.17, 15) is 0 Å². The fourth-order valence-corrected chi connectivity index (χ4v) is 0.969. The third kappa shape index (κ3) is 1.06. The summed E-state index contributed by atoms with van der Waals surface area (Å²) in [5.41, 5.74) is 0.278. The second-order valence-corrected chi connectivity index (χ2v) is 2.33. The average Bonchev–Trinajstić information content (AvgIpc) is 2.17. The molecule has 0 aromatic carbocycles. The smallest absolute Gasteiger partial charge is 0.113 e. The van der Waals surface area contributed by atoms with Crippen LogP contribution in [0.3, 0.4) is 0 Å². The first-order valence-electron chi connectivity index (χ1n) is 3.02. The molecule has 0 aliphatic heterocycles. The van der Waals surface area contributed by atoms with Crippen molar-refractivity contribution in [3.63, 3.8) is 0 Å². The standard InChI is InChI=1S/C6H10O4/c7-2-3-1-4(8)6(10)5(3)9/h1,4-10H,2H2/t4-,5+,6-/m0/s1. The highest BCUT2D eigenvalue weighted by molar-refractivity contribution is 5.21. The second-order valence-electron chi connectivity index (χ2n) is 2.33. The number of hydrogen-bond acceptors (Lipinski definition) is 4. The summed E-state index contributed by atoms with van der Waals surface area (Å²) in [5.74, 6) is 0. The molecule has 0 unspecified atom stereocenters. The van der Waals surface area contributed by atoms with Crippen molar-refractivity contribution in [1.29, 1.82) is 0 Å². The Balaban J connectivity index is 2.68. The molecule has 4 nitrogen and oxygen atoms in total. The monoisotopic (exact) mass is 146 g/mol. The molecule has 1 aliphatic rings. The molecule has 4 N–H and O–H groups in total. The van der Waals surface area contributed by atoms with Crippen LogP contribution in [0, 0.1) is 0 Å². The second kappa shape index (κ2) is 2.67. The third-order valence-corrected chi connectivity index (χ3v) is 1.62. The molecule has 0 aromatic heterocycles. The van der Waals surface area contributed by atoms with Gasteiger partial charge in [-0.25, -0.2) is 0 Å². The predicted octanol–water partition coefficient (Wildman–Crippen LogP) is -2.00. The van der Waals surface area contributed by atoms with Gasteiger partial charge in [0.05, 0.1) is 6.61 Å². The molecular weight excluding hydrogens is 136 g/mol. The summed E-state index contributed by atoms with van der Waals surface area (Å²) in [6, 6.07) is 0. The first-order chi connectivity index (χ1) is 4.66. The van der Waals surface area contributed by atoms with Gasteiger partial charge >= 0.3 is 0 Å². The van der Waals surface area contributed by atoms with Gasteiger partial charge in [0, 0.05) is 0 Å². The van der Waals surface area contributed by atoms with E-state index in [0.29, 0.717) is 0 Å². The Hall–Kier alpha value is -0.420. The Morgan fingerprint density at radius 1 is 1.30 bits per heavy atom. The minimum absolute atomic E-state index is 0.278. The van der Waals surface area contributed by atoms with Gasteiger partial charge in [0.15, 0.2) is 0 Å². The third-order valence-electron chi connectivity index (χ3n) is 1.62. The maximum Gasteiger partial charge on any atom is 0.113 e. The van der Waals surface area contributed by atoms with E-state index in [1.165, 1.54) is 6.08 Å². The quantitative estimate of drug-likeness (QED) is 0.323. The van der Waals surface area contributed by atoms with E-state index >= 15 is 0 Å². The van der Waals surface area contributed by atoms with Gasteiger partial charge in [0.25, 0.3) is 0 Å². The van der Waals surface area contributed by atoms with Gasteiger partial charge in [-0.1, -0.05) is 0 Å². The van der Waals surface area contributed by atoms with Crippen LogP contribution < -0.4 is 0 Å². The topological polar surface area (TPSA) is 80.9 Å². The van der Waals surface area contributed by atoms with Crippen LogP contribution in [0.25, 0.3) is 0 Å². The highest BCUT2D eigenvalue weighted by Crippen LogP contribution is 2.18. The Morgan fingerprint density at radius 3 is 2.10 bits per heavy atom. The summed E-state index contributed by atoms with van der Waals surface area (Å²) in [5, 5.41) is 35.3. The maximum absolute atomic E-state index is 8.99. The molecule has 1 rings (SSSR count). The van der Waals surface area contributed by atoms with Crippen LogP contribution in [-0.4, -0.2) is 45.3 Å². The normalized spacial score (nSPS) is 40.0. The predicted molar refractivity (Wildman–Crippen MR) is 33.2 cm³/mol. The first kappa shape index (κ1) is 7.68. The minimum Gasteiger partial charge on any atom is -0.392 e. The van der Waals surface area contributed by atoms with Gasteiger partial charge in [-0.2, -0.15) is 0 Å². The molecule has 0 spiro atoms. The molecule has 0 saturated heterocycles. The lowest BCUT2D eigenvalue weighted by Crippen LogP contribution is -2.31. The highest BCUT2D eigenvalue weighted by Gasteiger charge is 2.32. The van der Waals surface area contributed by atoms with E-state index in [2.05, 4.69) is 0 Å². The van der Waals surface area contributed by atoms with E-state index in [4.69, 9.17) is 20.4 Å². The molecule has 0 bridgehead atoms. The summed E-state index contributed by atoms with van der Waals surface area (Å²) in [7, 11) is 0. The SMILES string of the molecule is OCC1=C[C@H](O)[C@H](O)[C@@H]1O. The van der Waals surface area contributed by atoms with Crippen LogP contribution in [0.4, 0.5) is 0 Å². The first-order valence-corrected chi connectivity index (χ1v) is 3.02. The van der Waals surface area contributed by atoms with E-state index in [0.717, 1.165) is 0 Å². The van der Waals surface area contributed by atoms with Crippen LogP contribution in [0.2, 0.25) is 0 Å². The van der Waals surface area contributed by atoms with Crippen LogP contribution in [-0.2, 0) is 0 Å². The molecule has 3 atom stereocenters. The van der Waals surface area contributed by atoms with E-state index in [1.807, 2.05) is 0 Å². The summed E-state index contributed by atoms with van der Waals surface area (Å²) in [6.07, 6.45) is -2.07. The summed E-state index contributed by atoms with van der Waals surface area (Å²) >= 11 is 0. The van der Waals surface area contributed by atoms with Crippen molar-refractivity contribution in [2.24, 2.45) is 0 Å². The zero-order valence-corrected chi connectivity index (χ0v) is 5.31. The van der Waals surface area contributed by atoms with Gasteiger partial charge in [0.2, 0.25) is 0 Å². The maximum atomic E-state index is 8.99. The molecule has 1 aliphatic carbocycles. The van der Waals surface area contributed by atoms with E-state index in [1.54, 1.807) is 0 Å². The summed E-state index contributed by atoms with van der Waals surface area (Å²) < 4.78 is 0. The Labute approximate surface area is 58.0 Å². The number of hydrogen-bond donors (Lipinski definition) is 4. The van der Waals surface area contributed by atoms with Crippen molar-refractivity contribution < 1.29 is 20.4 Å². The molecule has 0 heterocycles. The van der Waals surface area contributed by atoms with Gasteiger partial charge in [0.1, 0.15) is 18.3 Å². The van der Waals surface area contributed by atoms with E-state index < -0.39 is 18.3 Å². The van der Waals surface area contributed by atoms with Crippen LogP contribution in [0.1, 0.15) is 0 Å². The lowest BCUT2D eigenvalue weighted by Gasteiger charge is -2.12. The van der Waals surface area contributed by atoms with Gasteiger partial charge in [-0.15, -0.1) is 0 Å². The van der Waals surface area contributed by atoms with Crippen molar-refractivity contribution in [2.75, 3.05) is 6.61 Å². The van der Waals surface area contributed by atoms with Gasteiger partial charge in [-0.05, 0) is 11.6 Å².